The van der Waals surface area contributed by atoms with Crippen LogP contribution >= 0.6 is 0 Å². The monoisotopic (exact) mass is 426 g/mol. The van der Waals surface area contributed by atoms with E-state index in [2.05, 4.69) is 0 Å². The van der Waals surface area contributed by atoms with Gasteiger partial charge in [0.2, 0.25) is 0 Å². The maximum absolute atomic E-state index is 11.1. The number of nitrogens with two attached hydrogens (primary N) is 2. The first kappa shape index (κ1) is 22.9. The Morgan fingerprint density at radius 2 is 1.13 bits per heavy atom. The van der Waals surface area contributed by atoms with Crippen LogP contribution in [0.1, 0.15) is 26.7 Å². The maximum atomic E-state index is 11.1. The number of hydrogen-bond acceptors (Lipinski definition) is 8. The second-order valence-electron chi connectivity index (χ2n) is 8.86. The zero-order chi connectivity index (χ0) is 22.8. The number of rotatable bonds is 4. The van der Waals surface area contributed by atoms with E-state index < -0.39 is 47.4 Å². The molecule has 0 aliphatic heterocycles. The minimum atomic E-state index is -1.47. The van der Waals surface area contributed by atoms with Crippen molar-refractivity contribution in [2.75, 3.05) is 0 Å². The number of aliphatic carboxylic acids is 2. The van der Waals surface area contributed by atoms with Crippen LogP contribution in [-0.4, -0.2) is 66.2 Å². The Bertz CT molecular complexity index is 743. The molecule has 4 aliphatic rings. The summed E-state index contributed by atoms with van der Waals surface area (Å²) in [6, 6.07) is 0. The molecule has 0 amide bonds. The van der Waals surface area contributed by atoms with Gasteiger partial charge in [0.25, 0.3) is 0 Å². The zero-order valence-electron chi connectivity index (χ0n) is 16.8. The van der Waals surface area contributed by atoms with Crippen LogP contribution in [0.15, 0.2) is 23.3 Å². The van der Waals surface area contributed by atoms with Gasteiger partial charge in [-0.2, -0.15) is 0 Å². The highest BCUT2D eigenvalue weighted by molar-refractivity contribution is 5.82. The number of aliphatic hydroxyl groups excluding tert-OH is 2. The van der Waals surface area contributed by atoms with Gasteiger partial charge < -0.3 is 42.1 Å². The number of aliphatic hydroxyl groups is 4. The van der Waals surface area contributed by atoms with E-state index in [0.29, 0.717) is 12.8 Å². The predicted molar refractivity (Wildman–Crippen MR) is 103 cm³/mol. The molecule has 0 spiro atoms. The van der Waals surface area contributed by atoms with E-state index in [1.165, 1.54) is 0 Å². The van der Waals surface area contributed by atoms with Crippen LogP contribution in [0.5, 0.6) is 0 Å². The molecule has 8 atom stereocenters. The minimum Gasteiger partial charge on any atom is -0.480 e. The molecule has 168 valence electrons. The van der Waals surface area contributed by atoms with Crippen LogP contribution in [0.2, 0.25) is 0 Å². The SMILES string of the molecule is C/C=C1/CC(N)(C(=O)O)C2C1C2C(O)O.C/C=C1\CC(N)(C(=O)O)C2C1C2C(O)O. The molecule has 10 nitrogen and oxygen atoms in total. The summed E-state index contributed by atoms with van der Waals surface area (Å²) in [7, 11) is 0. The van der Waals surface area contributed by atoms with Gasteiger partial charge in [-0.25, -0.2) is 0 Å². The van der Waals surface area contributed by atoms with Crippen molar-refractivity contribution in [2.24, 2.45) is 47.0 Å². The van der Waals surface area contributed by atoms with Gasteiger partial charge in [-0.1, -0.05) is 23.3 Å². The number of allylic oxidation sites excluding steroid dienone is 2. The highest BCUT2D eigenvalue weighted by Gasteiger charge is 2.71. The molecule has 0 bridgehead atoms. The van der Waals surface area contributed by atoms with Gasteiger partial charge in [-0.05, 0) is 38.5 Å². The van der Waals surface area contributed by atoms with E-state index in [9.17, 15) is 9.59 Å². The molecule has 0 saturated heterocycles. The number of fused-ring (bicyclic) bond motifs is 2. The van der Waals surface area contributed by atoms with Crippen molar-refractivity contribution in [1.29, 1.82) is 0 Å². The zero-order valence-corrected chi connectivity index (χ0v) is 16.8. The maximum Gasteiger partial charge on any atom is 0.324 e. The average Bonchev–Trinajstić information content (AvgIpc) is 3.53. The van der Waals surface area contributed by atoms with Crippen LogP contribution in [0, 0.1) is 35.5 Å². The first-order chi connectivity index (χ1) is 13.9. The Hall–Kier alpha value is -1.82. The third-order valence-electron chi connectivity index (χ3n) is 7.42. The Kier molecular flexibility index (Phi) is 5.64. The first-order valence-electron chi connectivity index (χ1n) is 9.93. The van der Waals surface area contributed by atoms with E-state index in [1.807, 2.05) is 26.0 Å². The van der Waals surface area contributed by atoms with E-state index in [1.54, 1.807) is 0 Å². The quantitative estimate of drug-likeness (QED) is 0.194. The summed E-state index contributed by atoms with van der Waals surface area (Å²) in [6.45, 7) is 3.64. The van der Waals surface area contributed by atoms with Crippen molar-refractivity contribution in [3.8, 4) is 0 Å². The average molecular weight is 426 g/mol. The molecule has 4 saturated carbocycles. The van der Waals surface area contributed by atoms with Crippen LogP contribution in [-0.2, 0) is 9.59 Å². The third-order valence-corrected chi connectivity index (χ3v) is 7.42. The fraction of sp³-hybridized carbons (Fsp3) is 0.700. The van der Waals surface area contributed by atoms with Crippen molar-refractivity contribution in [1.82, 2.24) is 0 Å². The van der Waals surface area contributed by atoms with E-state index in [-0.39, 0.29) is 23.7 Å². The predicted octanol–water partition coefficient (Wildman–Crippen LogP) is -1.42. The molecule has 0 radical (unpaired) electrons. The van der Waals surface area contributed by atoms with Gasteiger partial charge in [0.1, 0.15) is 11.1 Å². The molecule has 8 unspecified atom stereocenters. The Balaban J connectivity index is 0.000000171. The Labute approximate surface area is 173 Å². The summed E-state index contributed by atoms with van der Waals surface area (Å²) in [4.78, 5) is 22.1. The van der Waals surface area contributed by atoms with Gasteiger partial charge in [0.05, 0.1) is 0 Å². The fourth-order valence-electron chi connectivity index (χ4n) is 5.87. The minimum absolute atomic E-state index is 0.0592. The lowest BCUT2D eigenvalue weighted by molar-refractivity contribution is -0.145. The van der Waals surface area contributed by atoms with Crippen molar-refractivity contribution in [3.63, 3.8) is 0 Å². The highest BCUT2D eigenvalue weighted by Crippen LogP contribution is 2.65. The molecule has 30 heavy (non-hydrogen) atoms. The second kappa shape index (κ2) is 7.40. The van der Waals surface area contributed by atoms with Gasteiger partial charge in [-0.15, -0.1) is 0 Å². The summed E-state index contributed by atoms with van der Waals surface area (Å²) >= 11 is 0. The van der Waals surface area contributed by atoms with E-state index in [0.717, 1.165) is 11.1 Å². The molecular weight excluding hydrogens is 396 g/mol. The van der Waals surface area contributed by atoms with Crippen molar-refractivity contribution in [2.45, 2.75) is 50.3 Å². The molecular formula is C20H30N2O8. The molecule has 4 fully saturated rings. The molecule has 0 aromatic carbocycles. The van der Waals surface area contributed by atoms with Crippen molar-refractivity contribution in [3.05, 3.63) is 23.3 Å². The van der Waals surface area contributed by atoms with Crippen LogP contribution in [0.25, 0.3) is 0 Å². The van der Waals surface area contributed by atoms with E-state index in [4.69, 9.17) is 42.1 Å². The summed E-state index contributed by atoms with van der Waals surface area (Å²) in [5.74, 6) is -3.72. The lowest BCUT2D eigenvalue weighted by Gasteiger charge is -2.23. The topological polar surface area (TPSA) is 208 Å². The smallest absolute Gasteiger partial charge is 0.324 e. The fourth-order valence-corrected chi connectivity index (χ4v) is 5.87. The van der Waals surface area contributed by atoms with Crippen molar-refractivity contribution >= 4 is 11.9 Å². The van der Waals surface area contributed by atoms with E-state index >= 15 is 0 Å². The molecule has 0 aromatic rings. The summed E-state index contributed by atoms with van der Waals surface area (Å²) in [5, 5.41) is 54.6. The number of hydrogen-bond donors (Lipinski definition) is 8. The number of carboxylic acids is 2. The summed E-state index contributed by atoms with van der Waals surface area (Å²) < 4.78 is 0. The van der Waals surface area contributed by atoms with Crippen LogP contribution in [0.3, 0.4) is 0 Å². The summed E-state index contributed by atoms with van der Waals surface area (Å²) in [5.41, 5.74) is 10.9. The Morgan fingerprint density at radius 1 is 0.833 bits per heavy atom. The lowest BCUT2D eigenvalue weighted by atomic mass is 9.90. The van der Waals surface area contributed by atoms with Crippen molar-refractivity contribution < 1.29 is 40.2 Å². The second-order valence-corrected chi connectivity index (χ2v) is 8.86. The molecule has 4 aliphatic carbocycles. The standard InChI is InChI=1S/2C10H15NO4/c2*1-2-4-3-10(11,9(14)15)7-5(4)6(7)8(12)13/h2*2,5-8,12-13H,3,11H2,1H3,(H,14,15)/b4-2+;4-2-. The van der Waals surface area contributed by atoms with Gasteiger partial charge >= 0.3 is 11.9 Å². The van der Waals surface area contributed by atoms with Crippen LogP contribution < -0.4 is 11.5 Å². The number of carbonyl (C=O) groups is 2. The molecule has 4 rings (SSSR count). The van der Waals surface area contributed by atoms with Gasteiger partial charge in [0.15, 0.2) is 12.6 Å². The normalized spacial score (nSPS) is 45.9. The molecule has 0 heterocycles. The first-order valence-corrected chi connectivity index (χ1v) is 9.93. The summed E-state index contributed by atoms with van der Waals surface area (Å²) in [6.07, 6.45) is 1.35. The van der Waals surface area contributed by atoms with Gasteiger partial charge in [0, 0.05) is 23.7 Å². The van der Waals surface area contributed by atoms with Crippen LogP contribution in [0.4, 0.5) is 0 Å². The Morgan fingerprint density at radius 3 is 1.33 bits per heavy atom. The molecule has 10 N–H and O–H groups in total. The third kappa shape index (κ3) is 3.19. The molecule has 0 aromatic heterocycles. The highest BCUT2D eigenvalue weighted by atomic mass is 16.5. The van der Waals surface area contributed by atoms with Gasteiger partial charge in [-0.3, -0.25) is 9.59 Å². The largest absolute Gasteiger partial charge is 0.480 e. The lowest BCUT2D eigenvalue weighted by Crippen LogP contribution is -2.49. The number of carboxylic acid groups (broad SMARTS) is 2. The molecule has 10 heteroatoms.